The van der Waals surface area contributed by atoms with Gasteiger partial charge < -0.3 is 9.42 Å². The fraction of sp³-hybridized carbons (Fsp3) is 0.562. The molecule has 1 aliphatic heterocycles. The van der Waals surface area contributed by atoms with Crippen molar-refractivity contribution in [3.63, 3.8) is 0 Å². The summed E-state index contributed by atoms with van der Waals surface area (Å²) in [6, 6.07) is 2.21. The van der Waals surface area contributed by atoms with E-state index in [0.717, 1.165) is 49.5 Å². The molecule has 1 aliphatic carbocycles. The molecule has 1 amide bonds. The minimum atomic E-state index is 0.163. The molecule has 2 aromatic heterocycles. The second-order valence-electron chi connectivity index (χ2n) is 6.17. The summed E-state index contributed by atoms with van der Waals surface area (Å²) < 4.78 is 5.30. The lowest BCUT2D eigenvalue weighted by Crippen LogP contribution is -2.35. The van der Waals surface area contributed by atoms with E-state index in [9.17, 15) is 4.79 Å². The van der Waals surface area contributed by atoms with E-state index in [4.69, 9.17) is 4.52 Å². The van der Waals surface area contributed by atoms with Crippen molar-refractivity contribution in [1.29, 1.82) is 0 Å². The number of aryl methyl sites for hydroxylation is 1. The van der Waals surface area contributed by atoms with E-state index >= 15 is 0 Å². The molecule has 2 fully saturated rings. The summed E-state index contributed by atoms with van der Waals surface area (Å²) in [6.45, 7) is 0.860. The van der Waals surface area contributed by atoms with Crippen LogP contribution >= 0.6 is 11.3 Å². The number of carbonyl (C=O) groups is 1. The highest BCUT2D eigenvalue weighted by molar-refractivity contribution is 7.08. The van der Waals surface area contributed by atoms with Gasteiger partial charge in [-0.05, 0) is 43.6 Å². The SMILES string of the molecule is O=C(c1ccsc1)N1CCCC1CCc1noc(C2CC2)n1. The summed E-state index contributed by atoms with van der Waals surface area (Å²) >= 11 is 1.57. The lowest BCUT2D eigenvalue weighted by molar-refractivity contribution is 0.0731. The summed E-state index contributed by atoms with van der Waals surface area (Å²) in [4.78, 5) is 19.0. The van der Waals surface area contributed by atoms with Gasteiger partial charge in [0.2, 0.25) is 5.89 Å². The third-order valence-corrected chi connectivity index (χ3v) is 5.20. The average molecular weight is 317 g/mol. The van der Waals surface area contributed by atoms with Crippen LogP contribution in [-0.2, 0) is 6.42 Å². The molecule has 4 rings (SSSR count). The normalized spacial score (nSPS) is 21.5. The molecule has 0 spiro atoms. The Morgan fingerprint density at radius 1 is 1.41 bits per heavy atom. The molecule has 0 bridgehead atoms. The van der Waals surface area contributed by atoms with Crippen molar-refractivity contribution in [1.82, 2.24) is 15.0 Å². The first kappa shape index (κ1) is 13.9. The molecule has 0 radical (unpaired) electrons. The summed E-state index contributed by atoms with van der Waals surface area (Å²) in [6.07, 6.45) is 6.21. The highest BCUT2D eigenvalue weighted by atomic mass is 32.1. The van der Waals surface area contributed by atoms with Crippen LogP contribution in [0.2, 0.25) is 0 Å². The van der Waals surface area contributed by atoms with Gasteiger partial charge in [0.1, 0.15) is 0 Å². The van der Waals surface area contributed by atoms with Crippen molar-refractivity contribution in [2.45, 2.75) is 50.5 Å². The maximum atomic E-state index is 12.5. The molecule has 6 heteroatoms. The Balaban J connectivity index is 1.37. The molecule has 0 aromatic carbocycles. The van der Waals surface area contributed by atoms with E-state index in [2.05, 4.69) is 10.1 Å². The molecule has 1 unspecified atom stereocenters. The third-order valence-electron chi connectivity index (χ3n) is 4.52. The van der Waals surface area contributed by atoms with Gasteiger partial charge in [-0.1, -0.05) is 5.16 Å². The zero-order chi connectivity index (χ0) is 14.9. The lowest BCUT2D eigenvalue weighted by Gasteiger charge is -2.24. The van der Waals surface area contributed by atoms with Gasteiger partial charge in [-0.15, -0.1) is 0 Å². The molecule has 116 valence electrons. The lowest BCUT2D eigenvalue weighted by atomic mass is 10.1. The highest BCUT2D eigenvalue weighted by Gasteiger charge is 2.31. The zero-order valence-electron chi connectivity index (χ0n) is 12.4. The predicted molar refractivity (Wildman–Crippen MR) is 83.0 cm³/mol. The molecular weight excluding hydrogens is 298 g/mol. The monoisotopic (exact) mass is 317 g/mol. The van der Waals surface area contributed by atoms with Crippen LogP contribution in [0.25, 0.3) is 0 Å². The molecule has 2 aliphatic rings. The van der Waals surface area contributed by atoms with E-state index in [1.54, 1.807) is 11.3 Å². The Labute approximate surface area is 133 Å². The van der Waals surface area contributed by atoms with Crippen LogP contribution in [0.4, 0.5) is 0 Å². The Morgan fingerprint density at radius 2 is 2.32 bits per heavy atom. The van der Waals surface area contributed by atoms with E-state index < -0.39 is 0 Å². The number of aromatic nitrogens is 2. The first-order valence-electron chi connectivity index (χ1n) is 7.97. The molecule has 2 aromatic rings. The minimum Gasteiger partial charge on any atom is -0.339 e. The number of thiophene rings is 1. The van der Waals surface area contributed by atoms with Gasteiger partial charge in [0, 0.05) is 30.3 Å². The fourth-order valence-corrected chi connectivity index (χ4v) is 3.75. The molecule has 22 heavy (non-hydrogen) atoms. The van der Waals surface area contributed by atoms with Crippen LogP contribution in [0.15, 0.2) is 21.3 Å². The molecule has 0 N–H and O–H groups in total. The number of rotatable bonds is 5. The Morgan fingerprint density at radius 3 is 3.09 bits per heavy atom. The van der Waals surface area contributed by atoms with Gasteiger partial charge in [-0.3, -0.25) is 4.79 Å². The van der Waals surface area contributed by atoms with Crippen molar-refractivity contribution in [2.75, 3.05) is 6.54 Å². The average Bonchev–Trinajstić information content (AvgIpc) is 3.02. The number of hydrogen-bond donors (Lipinski definition) is 0. The van der Waals surface area contributed by atoms with E-state index in [1.807, 2.05) is 21.7 Å². The summed E-state index contributed by atoms with van der Waals surface area (Å²) in [5.74, 6) is 2.25. The third kappa shape index (κ3) is 2.79. The van der Waals surface area contributed by atoms with Crippen molar-refractivity contribution in [3.8, 4) is 0 Å². The van der Waals surface area contributed by atoms with E-state index in [1.165, 1.54) is 12.8 Å². The minimum absolute atomic E-state index is 0.163. The van der Waals surface area contributed by atoms with E-state index in [-0.39, 0.29) is 5.91 Å². The van der Waals surface area contributed by atoms with Crippen LogP contribution in [0.5, 0.6) is 0 Å². The van der Waals surface area contributed by atoms with Crippen LogP contribution in [0.3, 0.4) is 0 Å². The Hall–Kier alpha value is -1.69. The van der Waals surface area contributed by atoms with Crippen LogP contribution in [0.1, 0.15) is 60.1 Å². The molecular formula is C16H19N3O2S. The predicted octanol–water partition coefficient (Wildman–Crippen LogP) is 3.25. The summed E-state index contributed by atoms with van der Waals surface area (Å²) in [5, 5.41) is 7.96. The van der Waals surface area contributed by atoms with Gasteiger partial charge in [0.25, 0.3) is 5.91 Å². The number of amides is 1. The Kier molecular flexibility index (Phi) is 3.70. The summed E-state index contributed by atoms with van der Waals surface area (Å²) in [5.41, 5.74) is 0.812. The standard InChI is InChI=1S/C16H19N3O2S/c20-16(12-7-9-22-10-12)19-8-1-2-13(19)5-6-14-17-15(21-18-14)11-3-4-11/h7,9-11,13H,1-6,8H2. The van der Waals surface area contributed by atoms with Crippen LogP contribution in [-0.4, -0.2) is 33.5 Å². The smallest absolute Gasteiger partial charge is 0.254 e. The first-order valence-corrected chi connectivity index (χ1v) is 8.91. The number of nitrogens with zero attached hydrogens (tertiary/aromatic N) is 3. The van der Waals surface area contributed by atoms with Crippen LogP contribution in [0, 0.1) is 0 Å². The maximum absolute atomic E-state index is 12.5. The fourth-order valence-electron chi connectivity index (χ4n) is 3.12. The number of hydrogen-bond acceptors (Lipinski definition) is 5. The maximum Gasteiger partial charge on any atom is 0.254 e. The largest absolute Gasteiger partial charge is 0.339 e. The topological polar surface area (TPSA) is 59.2 Å². The van der Waals surface area contributed by atoms with Gasteiger partial charge in [0.15, 0.2) is 5.82 Å². The Bertz CT molecular complexity index is 648. The van der Waals surface area contributed by atoms with Gasteiger partial charge in [-0.25, -0.2) is 0 Å². The molecule has 5 nitrogen and oxygen atoms in total. The summed E-state index contributed by atoms with van der Waals surface area (Å²) in [7, 11) is 0. The molecule has 1 atom stereocenters. The van der Waals surface area contributed by atoms with Crippen molar-refractivity contribution in [2.24, 2.45) is 0 Å². The quantitative estimate of drug-likeness (QED) is 0.849. The highest BCUT2D eigenvalue weighted by Crippen LogP contribution is 2.38. The molecule has 3 heterocycles. The van der Waals surface area contributed by atoms with Gasteiger partial charge in [0.05, 0.1) is 5.56 Å². The second-order valence-corrected chi connectivity index (χ2v) is 6.95. The molecule has 1 saturated heterocycles. The number of likely N-dealkylation sites (tertiary alicyclic amines) is 1. The second kappa shape index (κ2) is 5.83. The first-order chi connectivity index (χ1) is 10.8. The molecule has 1 saturated carbocycles. The zero-order valence-corrected chi connectivity index (χ0v) is 13.2. The van der Waals surface area contributed by atoms with Crippen molar-refractivity contribution >= 4 is 17.2 Å². The number of carbonyl (C=O) groups excluding carboxylic acids is 1. The van der Waals surface area contributed by atoms with Crippen molar-refractivity contribution < 1.29 is 9.32 Å². The van der Waals surface area contributed by atoms with Gasteiger partial charge >= 0.3 is 0 Å². The van der Waals surface area contributed by atoms with Crippen molar-refractivity contribution in [3.05, 3.63) is 34.1 Å². The van der Waals surface area contributed by atoms with Gasteiger partial charge in [-0.2, -0.15) is 16.3 Å². The van der Waals surface area contributed by atoms with E-state index in [0.29, 0.717) is 12.0 Å². The van der Waals surface area contributed by atoms with Crippen LogP contribution < -0.4 is 0 Å².